The van der Waals surface area contributed by atoms with Gasteiger partial charge < -0.3 is 10.6 Å². The molecule has 3 N–H and O–H groups in total. The van der Waals surface area contributed by atoms with E-state index in [1.165, 1.54) is 0 Å². The van der Waals surface area contributed by atoms with Gasteiger partial charge in [-0.05, 0) is 31.0 Å². The molecule has 1 aliphatic rings. The van der Waals surface area contributed by atoms with E-state index >= 15 is 0 Å². The van der Waals surface area contributed by atoms with Crippen molar-refractivity contribution in [2.45, 2.75) is 25.8 Å². The number of rotatable bonds is 5. The molecule has 1 saturated heterocycles. The van der Waals surface area contributed by atoms with Crippen molar-refractivity contribution in [2.24, 2.45) is 0 Å². The zero-order chi connectivity index (χ0) is 18.6. The van der Waals surface area contributed by atoms with Crippen LogP contribution in [0.25, 0.3) is 0 Å². The van der Waals surface area contributed by atoms with Crippen molar-refractivity contribution in [3.05, 3.63) is 34.9 Å². The number of amides is 6. The van der Waals surface area contributed by atoms with Gasteiger partial charge in [-0.2, -0.15) is 0 Å². The molecular formula is C16H19ClN4O4. The van der Waals surface area contributed by atoms with Crippen LogP contribution in [-0.4, -0.2) is 41.9 Å². The highest BCUT2D eigenvalue weighted by Crippen LogP contribution is 2.29. The monoisotopic (exact) mass is 366 g/mol. The summed E-state index contributed by atoms with van der Waals surface area (Å²) in [5.74, 6) is -1.33. The first kappa shape index (κ1) is 18.7. The first-order valence-electron chi connectivity index (χ1n) is 7.75. The first-order chi connectivity index (χ1) is 11.8. The summed E-state index contributed by atoms with van der Waals surface area (Å²) in [7, 11) is 0. The Morgan fingerprint density at radius 3 is 2.48 bits per heavy atom. The first-order valence-corrected chi connectivity index (χ1v) is 8.13. The Morgan fingerprint density at radius 1 is 1.24 bits per heavy atom. The van der Waals surface area contributed by atoms with Crippen LogP contribution in [0.5, 0.6) is 0 Å². The van der Waals surface area contributed by atoms with Gasteiger partial charge in [0.1, 0.15) is 12.1 Å². The second-order valence-electron chi connectivity index (χ2n) is 5.76. The molecule has 0 radical (unpaired) electrons. The predicted octanol–water partition coefficient (Wildman–Crippen LogP) is 1.34. The SMILES string of the molecule is CCCNC(=O)NC(=O)CN1C(=O)NC(C)(c2ccc(Cl)cc2)C1=O. The summed E-state index contributed by atoms with van der Waals surface area (Å²) in [4.78, 5) is 48.9. The molecule has 0 bridgehead atoms. The van der Waals surface area contributed by atoms with E-state index in [2.05, 4.69) is 16.0 Å². The van der Waals surface area contributed by atoms with Crippen LogP contribution < -0.4 is 16.0 Å². The fourth-order valence-electron chi connectivity index (χ4n) is 2.41. The minimum absolute atomic E-state index is 0.414. The van der Waals surface area contributed by atoms with E-state index in [0.717, 1.165) is 4.90 Å². The van der Waals surface area contributed by atoms with Crippen LogP contribution in [0.3, 0.4) is 0 Å². The number of benzene rings is 1. The largest absolute Gasteiger partial charge is 0.338 e. The molecule has 1 fully saturated rings. The zero-order valence-corrected chi connectivity index (χ0v) is 14.6. The summed E-state index contributed by atoms with van der Waals surface area (Å²) in [6.45, 7) is 3.28. The fraction of sp³-hybridized carbons (Fsp3) is 0.375. The molecule has 0 aliphatic carbocycles. The zero-order valence-electron chi connectivity index (χ0n) is 13.9. The van der Waals surface area contributed by atoms with Crippen molar-refractivity contribution in [2.75, 3.05) is 13.1 Å². The number of hydrogen-bond acceptors (Lipinski definition) is 4. The number of hydrogen-bond donors (Lipinski definition) is 3. The summed E-state index contributed by atoms with van der Waals surface area (Å²) < 4.78 is 0. The number of urea groups is 2. The molecular weight excluding hydrogens is 348 g/mol. The highest BCUT2D eigenvalue weighted by atomic mass is 35.5. The van der Waals surface area contributed by atoms with Gasteiger partial charge in [0.05, 0.1) is 0 Å². The van der Waals surface area contributed by atoms with Gasteiger partial charge >= 0.3 is 12.1 Å². The molecule has 1 atom stereocenters. The lowest BCUT2D eigenvalue weighted by Gasteiger charge is -2.22. The van der Waals surface area contributed by atoms with Crippen LogP contribution in [0.4, 0.5) is 9.59 Å². The highest BCUT2D eigenvalue weighted by Gasteiger charge is 2.49. The van der Waals surface area contributed by atoms with E-state index in [-0.39, 0.29) is 0 Å². The lowest BCUT2D eigenvalue weighted by Crippen LogP contribution is -2.47. The Kier molecular flexibility index (Phi) is 5.63. The number of imide groups is 2. The quantitative estimate of drug-likeness (QED) is 0.683. The molecule has 1 heterocycles. The normalized spacial score (nSPS) is 19.6. The van der Waals surface area contributed by atoms with Crippen molar-refractivity contribution in [3.8, 4) is 0 Å². The van der Waals surface area contributed by atoms with E-state index in [0.29, 0.717) is 23.6 Å². The molecule has 0 spiro atoms. The number of carbonyl (C=O) groups excluding carboxylic acids is 4. The van der Waals surface area contributed by atoms with Crippen molar-refractivity contribution < 1.29 is 19.2 Å². The van der Waals surface area contributed by atoms with Crippen LogP contribution in [0.15, 0.2) is 24.3 Å². The molecule has 6 amide bonds. The average Bonchev–Trinajstić information content (AvgIpc) is 2.77. The van der Waals surface area contributed by atoms with E-state index in [4.69, 9.17) is 11.6 Å². The maximum atomic E-state index is 12.6. The lowest BCUT2D eigenvalue weighted by atomic mass is 9.92. The van der Waals surface area contributed by atoms with Crippen molar-refractivity contribution in [3.63, 3.8) is 0 Å². The van der Waals surface area contributed by atoms with Gasteiger partial charge in [0.25, 0.3) is 5.91 Å². The minimum atomic E-state index is -1.30. The van der Waals surface area contributed by atoms with Crippen LogP contribution in [0, 0.1) is 0 Å². The third-order valence-electron chi connectivity index (χ3n) is 3.79. The average molecular weight is 367 g/mol. The Labute approximate surface area is 149 Å². The van der Waals surface area contributed by atoms with Crippen molar-refractivity contribution in [1.29, 1.82) is 0 Å². The van der Waals surface area contributed by atoms with Gasteiger partial charge in [-0.1, -0.05) is 30.7 Å². The number of halogens is 1. The molecule has 25 heavy (non-hydrogen) atoms. The molecule has 8 nitrogen and oxygen atoms in total. The molecule has 9 heteroatoms. The fourth-order valence-corrected chi connectivity index (χ4v) is 2.54. The summed E-state index contributed by atoms with van der Waals surface area (Å²) in [5, 5.41) is 7.62. The maximum absolute atomic E-state index is 12.6. The van der Waals surface area contributed by atoms with Crippen LogP contribution in [-0.2, 0) is 15.1 Å². The highest BCUT2D eigenvalue weighted by molar-refractivity contribution is 6.30. The minimum Gasteiger partial charge on any atom is -0.338 e. The van der Waals surface area contributed by atoms with Crippen LogP contribution >= 0.6 is 11.6 Å². The maximum Gasteiger partial charge on any atom is 0.325 e. The van der Waals surface area contributed by atoms with Crippen molar-refractivity contribution >= 4 is 35.5 Å². The summed E-state index contributed by atoms with van der Waals surface area (Å²) in [5.41, 5.74) is -0.759. The Balaban J connectivity index is 2.07. The smallest absolute Gasteiger partial charge is 0.325 e. The summed E-state index contributed by atoms with van der Waals surface area (Å²) in [6.07, 6.45) is 0.716. The van der Waals surface area contributed by atoms with Gasteiger partial charge in [-0.15, -0.1) is 0 Å². The third-order valence-corrected chi connectivity index (χ3v) is 4.04. The van der Waals surface area contributed by atoms with E-state index in [1.54, 1.807) is 31.2 Å². The van der Waals surface area contributed by atoms with Crippen LogP contribution in [0.2, 0.25) is 5.02 Å². The van der Waals surface area contributed by atoms with Gasteiger partial charge in [0.15, 0.2) is 0 Å². The van der Waals surface area contributed by atoms with Gasteiger partial charge in [0.2, 0.25) is 5.91 Å². The number of carbonyl (C=O) groups is 4. The van der Waals surface area contributed by atoms with Gasteiger partial charge in [0, 0.05) is 11.6 Å². The molecule has 1 aliphatic heterocycles. The van der Waals surface area contributed by atoms with Gasteiger partial charge in [-0.25, -0.2) is 9.59 Å². The Bertz CT molecular complexity index is 707. The summed E-state index contributed by atoms with van der Waals surface area (Å²) >= 11 is 5.84. The predicted molar refractivity (Wildman–Crippen MR) is 90.9 cm³/mol. The topological polar surface area (TPSA) is 108 Å². The second-order valence-corrected chi connectivity index (χ2v) is 6.19. The number of nitrogens with zero attached hydrogens (tertiary/aromatic N) is 1. The third kappa shape index (κ3) is 4.08. The number of nitrogens with one attached hydrogen (secondary N) is 3. The molecule has 1 unspecified atom stereocenters. The van der Waals surface area contributed by atoms with E-state index in [9.17, 15) is 19.2 Å². The molecule has 134 valence electrons. The van der Waals surface area contributed by atoms with E-state index < -0.39 is 36.0 Å². The Hall–Kier alpha value is -2.61. The molecule has 1 aromatic rings. The molecule has 0 saturated carbocycles. The standard InChI is InChI=1S/C16H19ClN4O4/c1-3-8-18-14(24)19-12(22)9-21-13(23)16(2,20-15(21)25)10-4-6-11(17)7-5-10/h4-7H,3,8-9H2,1-2H3,(H,20,25)(H2,18,19,22,24). The molecule has 2 rings (SSSR count). The Morgan fingerprint density at radius 2 is 1.88 bits per heavy atom. The lowest BCUT2D eigenvalue weighted by molar-refractivity contribution is -0.134. The second kappa shape index (κ2) is 7.52. The molecule has 1 aromatic carbocycles. The van der Waals surface area contributed by atoms with Crippen molar-refractivity contribution in [1.82, 2.24) is 20.9 Å². The van der Waals surface area contributed by atoms with Crippen LogP contribution in [0.1, 0.15) is 25.8 Å². The van der Waals surface area contributed by atoms with Gasteiger partial charge in [-0.3, -0.25) is 19.8 Å². The molecule has 0 aromatic heterocycles. The van der Waals surface area contributed by atoms with E-state index in [1.807, 2.05) is 6.92 Å². The summed E-state index contributed by atoms with van der Waals surface area (Å²) in [6, 6.07) is 5.10.